The summed E-state index contributed by atoms with van der Waals surface area (Å²) in [7, 11) is 0. The summed E-state index contributed by atoms with van der Waals surface area (Å²) in [4.78, 5) is 2.47. The van der Waals surface area contributed by atoms with E-state index in [0.717, 1.165) is 32.4 Å². The van der Waals surface area contributed by atoms with Gasteiger partial charge in [0.05, 0.1) is 6.10 Å². The van der Waals surface area contributed by atoms with Crippen molar-refractivity contribution in [1.29, 1.82) is 0 Å². The minimum atomic E-state index is -0.227. The minimum Gasteiger partial charge on any atom is -0.396 e. The second-order valence-electron chi connectivity index (χ2n) is 5.42. The molecule has 3 nitrogen and oxygen atoms in total. The van der Waals surface area contributed by atoms with Crippen LogP contribution in [-0.2, 0) is 0 Å². The normalized spacial score (nSPS) is 19.8. The van der Waals surface area contributed by atoms with Gasteiger partial charge in [0.2, 0.25) is 0 Å². The number of rotatable bonds is 8. The molecule has 17 heavy (non-hydrogen) atoms. The Bertz CT molecular complexity index is 179. The summed E-state index contributed by atoms with van der Waals surface area (Å²) < 4.78 is 0. The molecular formula is C14H29NO2. The van der Waals surface area contributed by atoms with Crippen molar-refractivity contribution in [2.75, 3.05) is 19.7 Å². The van der Waals surface area contributed by atoms with Gasteiger partial charge in [-0.25, -0.2) is 0 Å². The molecule has 1 atom stereocenters. The van der Waals surface area contributed by atoms with Crippen LogP contribution in [0.1, 0.15) is 58.3 Å². The smallest absolute Gasteiger partial charge is 0.0639 e. The summed E-state index contributed by atoms with van der Waals surface area (Å²) in [5, 5.41) is 18.3. The predicted molar refractivity (Wildman–Crippen MR) is 71.1 cm³/mol. The maximum atomic E-state index is 9.57. The first kappa shape index (κ1) is 14.9. The number of unbranched alkanes of at least 4 members (excludes halogenated alkanes) is 2. The summed E-state index contributed by atoms with van der Waals surface area (Å²) in [6, 6.07) is 0.687. The van der Waals surface area contributed by atoms with Crippen LogP contribution in [0.25, 0.3) is 0 Å². The van der Waals surface area contributed by atoms with Crippen LogP contribution in [-0.4, -0.2) is 47.0 Å². The van der Waals surface area contributed by atoms with Crippen molar-refractivity contribution in [3.05, 3.63) is 0 Å². The molecule has 1 rings (SSSR count). The fourth-order valence-corrected chi connectivity index (χ4v) is 2.81. The average molecular weight is 243 g/mol. The molecule has 0 aromatic heterocycles. The summed E-state index contributed by atoms with van der Waals surface area (Å²) in [6.07, 6.45) is 9.59. The van der Waals surface area contributed by atoms with Gasteiger partial charge in [0, 0.05) is 19.2 Å². The third-order valence-electron chi connectivity index (χ3n) is 3.69. The lowest BCUT2D eigenvalue weighted by atomic mass is 9.93. The molecule has 0 spiro atoms. The van der Waals surface area contributed by atoms with Crippen LogP contribution in [0.15, 0.2) is 0 Å². The standard InChI is InChI=1S/C14H29NO2/c1-13(17)12-15(10-6-3-7-11-16)14-8-4-2-5-9-14/h13-14,16-17H,2-12H2,1H3. The monoisotopic (exact) mass is 243 g/mol. The van der Waals surface area contributed by atoms with Crippen LogP contribution in [0.5, 0.6) is 0 Å². The Morgan fingerprint density at radius 3 is 2.41 bits per heavy atom. The minimum absolute atomic E-state index is 0.227. The molecule has 0 aliphatic heterocycles. The van der Waals surface area contributed by atoms with E-state index >= 15 is 0 Å². The van der Waals surface area contributed by atoms with E-state index in [2.05, 4.69) is 4.90 Å². The van der Waals surface area contributed by atoms with Crippen LogP contribution in [0.3, 0.4) is 0 Å². The molecule has 1 unspecified atom stereocenters. The van der Waals surface area contributed by atoms with Gasteiger partial charge in [-0.05, 0) is 45.6 Å². The topological polar surface area (TPSA) is 43.7 Å². The van der Waals surface area contributed by atoms with Gasteiger partial charge < -0.3 is 10.2 Å². The maximum Gasteiger partial charge on any atom is 0.0639 e. The Balaban J connectivity index is 2.30. The van der Waals surface area contributed by atoms with E-state index < -0.39 is 0 Å². The summed E-state index contributed by atoms with van der Waals surface area (Å²) in [6.45, 7) is 4.07. The summed E-state index contributed by atoms with van der Waals surface area (Å²) >= 11 is 0. The van der Waals surface area contributed by atoms with E-state index in [0.29, 0.717) is 12.6 Å². The molecule has 0 radical (unpaired) electrons. The van der Waals surface area contributed by atoms with Gasteiger partial charge >= 0.3 is 0 Å². The Kier molecular flexibility index (Phi) is 7.82. The predicted octanol–water partition coefficient (Wildman–Crippen LogP) is 2.16. The first-order valence-corrected chi connectivity index (χ1v) is 7.27. The molecule has 1 aliphatic carbocycles. The SMILES string of the molecule is CC(O)CN(CCCCCO)C1CCCCC1. The zero-order chi connectivity index (χ0) is 12.5. The van der Waals surface area contributed by atoms with Crippen molar-refractivity contribution < 1.29 is 10.2 Å². The molecule has 102 valence electrons. The van der Waals surface area contributed by atoms with Crippen LogP contribution < -0.4 is 0 Å². The van der Waals surface area contributed by atoms with Crippen LogP contribution in [0.2, 0.25) is 0 Å². The van der Waals surface area contributed by atoms with Crippen LogP contribution >= 0.6 is 0 Å². The molecule has 0 aromatic carbocycles. The maximum absolute atomic E-state index is 9.57. The van der Waals surface area contributed by atoms with E-state index in [4.69, 9.17) is 5.11 Å². The van der Waals surface area contributed by atoms with Gasteiger partial charge in [0.25, 0.3) is 0 Å². The lowest BCUT2D eigenvalue weighted by Crippen LogP contribution is -2.41. The molecule has 3 heteroatoms. The average Bonchev–Trinajstić information content (AvgIpc) is 2.34. The fourth-order valence-electron chi connectivity index (χ4n) is 2.81. The lowest BCUT2D eigenvalue weighted by Gasteiger charge is -2.35. The first-order valence-electron chi connectivity index (χ1n) is 7.27. The van der Waals surface area contributed by atoms with E-state index in [-0.39, 0.29) is 6.10 Å². The van der Waals surface area contributed by atoms with Gasteiger partial charge in [0.1, 0.15) is 0 Å². The van der Waals surface area contributed by atoms with Crippen molar-refractivity contribution in [2.24, 2.45) is 0 Å². The molecule has 2 N–H and O–H groups in total. The van der Waals surface area contributed by atoms with Crippen molar-refractivity contribution in [3.8, 4) is 0 Å². The van der Waals surface area contributed by atoms with E-state index in [1.54, 1.807) is 0 Å². The molecule has 0 saturated heterocycles. The van der Waals surface area contributed by atoms with E-state index in [9.17, 15) is 5.11 Å². The highest BCUT2D eigenvalue weighted by Gasteiger charge is 2.21. The number of hydrogen-bond acceptors (Lipinski definition) is 3. The number of aliphatic hydroxyl groups is 2. The Labute approximate surface area is 106 Å². The number of hydrogen-bond donors (Lipinski definition) is 2. The molecule has 0 amide bonds. The van der Waals surface area contributed by atoms with Gasteiger partial charge in [0.15, 0.2) is 0 Å². The molecule has 1 aliphatic rings. The third-order valence-corrected chi connectivity index (χ3v) is 3.69. The van der Waals surface area contributed by atoms with Crippen LogP contribution in [0, 0.1) is 0 Å². The van der Waals surface area contributed by atoms with Crippen molar-refractivity contribution in [2.45, 2.75) is 70.4 Å². The van der Waals surface area contributed by atoms with E-state index in [1.807, 2.05) is 6.92 Å². The highest BCUT2D eigenvalue weighted by atomic mass is 16.3. The Morgan fingerprint density at radius 1 is 1.12 bits per heavy atom. The summed E-state index contributed by atoms with van der Waals surface area (Å²) in [5.41, 5.74) is 0. The number of nitrogens with zero attached hydrogens (tertiary/aromatic N) is 1. The zero-order valence-corrected chi connectivity index (χ0v) is 11.3. The lowest BCUT2D eigenvalue weighted by molar-refractivity contribution is 0.0806. The molecule has 1 fully saturated rings. The van der Waals surface area contributed by atoms with Gasteiger partial charge in [-0.3, -0.25) is 4.90 Å². The molecule has 0 heterocycles. The third kappa shape index (κ3) is 6.39. The quantitative estimate of drug-likeness (QED) is 0.642. The van der Waals surface area contributed by atoms with Gasteiger partial charge in [-0.2, -0.15) is 0 Å². The molecule has 0 aromatic rings. The molecule has 0 bridgehead atoms. The number of aliphatic hydroxyl groups excluding tert-OH is 2. The second-order valence-corrected chi connectivity index (χ2v) is 5.42. The second kappa shape index (κ2) is 8.90. The van der Waals surface area contributed by atoms with Crippen molar-refractivity contribution in [3.63, 3.8) is 0 Å². The van der Waals surface area contributed by atoms with Crippen molar-refractivity contribution >= 4 is 0 Å². The van der Waals surface area contributed by atoms with Gasteiger partial charge in [-0.15, -0.1) is 0 Å². The van der Waals surface area contributed by atoms with Crippen LogP contribution in [0.4, 0.5) is 0 Å². The Hall–Kier alpha value is -0.120. The van der Waals surface area contributed by atoms with Crippen molar-refractivity contribution in [1.82, 2.24) is 4.90 Å². The fraction of sp³-hybridized carbons (Fsp3) is 1.00. The first-order chi connectivity index (χ1) is 8.24. The Morgan fingerprint density at radius 2 is 1.82 bits per heavy atom. The highest BCUT2D eigenvalue weighted by molar-refractivity contribution is 4.77. The van der Waals surface area contributed by atoms with Gasteiger partial charge in [-0.1, -0.05) is 19.3 Å². The largest absolute Gasteiger partial charge is 0.396 e. The van der Waals surface area contributed by atoms with E-state index in [1.165, 1.54) is 32.1 Å². The summed E-state index contributed by atoms with van der Waals surface area (Å²) in [5.74, 6) is 0. The zero-order valence-electron chi connectivity index (χ0n) is 11.3. The highest BCUT2D eigenvalue weighted by Crippen LogP contribution is 2.23. The molecular weight excluding hydrogens is 214 g/mol. The molecule has 1 saturated carbocycles.